The van der Waals surface area contributed by atoms with Gasteiger partial charge in [-0.25, -0.2) is 4.39 Å². The van der Waals surface area contributed by atoms with Crippen LogP contribution >= 0.6 is 0 Å². The van der Waals surface area contributed by atoms with Gasteiger partial charge in [0.1, 0.15) is 17.4 Å². The normalized spacial score (nSPS) is 21.3. The zero-order chi connectivity index (χ0) is 29.0. The first kappa shape index (κ1) is 27.2. The van der Waals surface area contributed by atoms with E-state index in [-0.39, 0.29) is 35.5 Å². The molecule has 2 unspecified atom stereocenters. The Bertz CT molecular complexity index is 1570. The van der Waals surface area contributed by atoms with Gasteiger partial charge in [0.05, 0.1) is 22.5 Å². The monoisotopic (exact) mass is 554 g/mol. The molecule has 1 spiro atoms. The lowest BCUT2D eigenvalue weighted by Gasteiger charge is -2.30. The number of hydrogen-bond acceptors (Lipinski definition) is 3. The fourth-order valence-electron chi connectivity index (χ4n) is 5.66. The molecule has 2 aromatic carbocycles. The van der Waals surface area contributed by atoms with E-state index in [0.717, 1.165) is 6.07 Å². The van der Waals surface area contributed by atoms with Gasteiger partial charge in [0.2, 0.25) is 11.8 Å². The van der Waals surface area contributed by atoms with E-state index in [1.54, 1.807) is 24.3 Å². The van der Waals surface area contributed by atoms with E-state index in [2.05, 4.69) is 21.5 Å². The van der Waals surface area contributed by atoms with E-state index in [9.17, 15) is 31.9 Å². The topological polar surface area (TPSA) is 94.3 Å². The van der Waals surface area contributed by atoms with Gasteiger partial charge in [-0.2, -0.15) is 13.2 Å². The highest BCUT2D eigenvalue weighted by Crippen LogP contribution is 2.46. The van der Waals surface area contributed by atoms with E-state index in [1.807, 2.05) is 0 Å². The van der Waals surface area contributed by atoms with Crippen LogP contribution < -0.4 is 10.6 Å². The smallest absolute Gasteiger partial charge is 0.350 e. The molecule has 208 valence electrons. The first-order chi connectivity index (χ1) is 18.7. The average Bonchev–Trinajstić information content (AvgIpc) is 3.56. The van der Waals surface area contributed by atoms with Gasteiger partial charge in [0, 0.05) is 24.0 Å². The van der Waals surface area contributed by atoms with Gasteiger partial charge in [-0.1, -0.05) is 36.3 Å². The van der Waals surface area contributed by atoms with Crippen molar-refractivity contribution >= 4 is 34.3 Å². The summed E-state index contributed by atoms with van der Waals surface area (Å²) in [7, 11) is 0. The van der Waals surface area contributed by atoms with E-state index < -0.39 is 53.1 Å². The van der Waals surface area contributed by atoms with E-state index >= 15 is 0 Å². The maximum absolute atomic E-state index is 14.9. The Labute approximate surface area is 227 Å². The van der Waals surface area contributed by atoms with Gasteiger partial charge in [-0.15, -0.1) is 6.42 Å². The molecule has 2 aliphatic heterocycles. The second-order valence-corrected chi connectivity index (χ2v) is 10.8. The predicted molar refractivity (Wildman–Crippen MR) is 140 cm³/mol. The molecule has 3 N–H and O–H groups in total. The summed E-state index contributed by atoms with van der Waals surface area (Å²) < 4.78 is 55.2. The summed E-state index contributed by atoms with van der Waals surface area (Å²) in [6.07, 6.45) is 0.803. The summed E-state index contributed by atoms with van der Waals surface area (Å²) in [6.45, 7) is 2.40. The summed E-state index contributed by atoms with van der Waals surface area (Å²) in [4.78, 5) is 43.9. The van der Waals surface area contributed by atoms with Gasteiger partial charge in [-0.3, -0.25) is 14.4 Å². The number of aromatic nitrogens is 1. The Morgan fingerprint density at radius 2 is 1.90 bits per heavy atom. The standard InChI is InChI=1S/C29H26F4N4O3/c1-4-17-13-28(18-9-5-6-11-20(18)36-26(28)40)15-37(17)25(39)22(14-27(2,3)30)35-24(38)21-12-16-8-7-10-19(23(16)34-21)29(31,32)33/h1,5-12,17,22,34H,13-15H2,2-3H3,(H,35,38)(H,36,40)/t17?,22?,28-/m0/s1. The number of alkyl halides is 4. The molecule has 1 saturated heterocycles. The van der Waals surface area contributed by atoms with E-state index in [4.69, 9.17) is 6.42 Å². The molecule has 40 heavy (non-hydrogen) atoms. The summed E-state index contributed by atoms with van der Waals surface area (Å²) in [5, 5.41) is 5.46. The van der Waals surface area contributed by atoms with Crippen molar-refractivity contribution in [2.24, 2.45) is 0 Å². The van der Waals surface area contributed by atoms with Crippen LogP contribution in [0.1, 0.15) is 48.3 Å². The third-order valence-electron chi connectivity index (χ3n) is 7.46. The third kappa shape index (κ3) is 4.68. The quantitative estimate of drug-likeness (QED) is 0.319. The second kappa shape index (κ2) is 9.40. The Morgan fingerprint density at radius 1 is 1.18 bits per heavy atom. The largest absolute Gasteiger partial charge is 0.418 e. The van der Waals surface area contributed by atoms with Gasteiger partial charge in [-0.05, 0) is 44.0 Å². The molecule has 3 amide bonds. The van der Waals surface area contributed by atoms with Crippen LogP contribution in [0, 0.1) is 12.3 Å². The minimum atomic E-state index is -4.66. The van der Waals surface area contributed by atoms with Gasteiger partial charge >= 0.3 is 6.18 Å². The number of benzene rings is 2. The fourth-order valence-corrected chi connectivity index (χ4v) is 5.66. The number of halogens is 4. The Hall–Kier alpha value is -4.33. The molecule has 5 rings (SSSR count). The third-order valence-corrected chi connectivity index (χ3v) is 7.46. The number of anilines is 1. The molecule has 3 aromatic rings. The van der Waals surface area contributed by atoms with Crippen LogP contribution in [0.25, 0.3) is 10.9 Å². The van der Waals surface area contributed by atoms with Crippen molar-refractivity contribution in [1.82, 2.24) is 15.2 Å². The highest BCUT2D eigenvalue weighted by Gasteiger charge is 2.56. The maximum atomic E-state index is 14.9. The van der Waals surface area contributed by atoms with E-state index in [1.165, 1.54) is 36.9 Å². The highest BCUT2D eigenvalue weighted by atomic mass is 19.4. The molecule has 0 bridgehead atoms. The molecule has 11 heteroatoms. The molecule has 7 nitrogen and oxygen atoms in total. The van der Waals surface area contributed by atoms with Gasteiger partial charge < -0.3 is 20.5 Å². The van der Waals surface area contributed by atoms with Crippen molar-refractivity contribution in [2.75, 3.05) is 11.9 Å². The number of carbonyl (C=O) groups excluding carboxylic acids is 3. The predicted octanol–water partition coefficient (Wildman–Crippen LogP) is 4.55. The minimum Gasteiger partial charge on any atom is -0.350 e. The number of likely N-dealkylation sites (tertiary alicyclic amines) is 1. The number of rotatable bonds is 5. The zero-order valence-corrected chi connectivity index (χ0v) is 21.7. The molecular weight excluding hydrogens is 528 g/mol. The summed E-state index contributed by atoms with van der Waals surface area (Å²) in [5.41, 5.74) is -3.15. The summed E-state index contributed by atoms with van der Waals surface area (Å²) in [5.74, 6) is 0.655. The van der Waals surface area contributed by atoms with Crippen molar-refractivity contribution in [3.05, 3.63) is 65.4 Å². The molecule has 0 aliphatic carbocycles. The van der Waals surface area contributed by atoms with Crippen LogP contribution in [0.15, 0.2) is 48.5 Å². The number of nitrogens with one attached hydrogen (secondary N) is 3. The van der Waals surface area contributed by atoms with Crippen molar-refractivity contribution in [2.45, 2.75) is 56.0 Å². The van der Waals surface area contributed by atoms with Crippen LogP contribution in [0.5, 0.6) is 0 Å². The van der Waals surface area contributed by atoms with Crippen LogP contribution in [0.4, 0.5) is 23.2 Å². The van der Waals surface area contributed by atoms with Crippen molar-refractivity contribution in [3.8, 4) is 12.3 Å². The number of aromatic amines is 1. The number of nitrogens with zero attached hydrogens (tertiary/aromatic N) is 1. The molecule has 0 saturated carbocycles. The van der Waals surface area contributed by atoms with Crippen molar-refractivity contribution in [1.29, 1.82) is 0 Å². The lowest BCUT2D eigenvalue weighted by atomic mass is 9.79. The average molecular weight is 555 g/mol. The number of para-hydroxylation sites is 2. The number of H-pyrrole nitrogens is 1. The van der Waals surface area contributed by atoms with Crippen molar-refractivity contribution in [3.63, 3.8) is 0 Å². The summed E-state index contributed by atoms with van der Waals surface area (Å²) in [6, 6.07) is 9.60. The molecule has 0 radical (unpaired) electrons. The number of carbonyl (C=O) groups is 3. The molecule has 2 aliphatic rings. The number of hydrogen-bond donors (Lipinski definition) is 3. The second-order valence-electron chi connectivity index (χ2n) is 10.8. The molecule has 1 aromatic heterocycles. The van der Waals surface area contributed by atoms with Crippen LogP contribution in [-0.2, 0) is 21.2 Å². The van der Waals surface area contributed by atoms with Crippen LogP contribution in [-0.4, -0.2) is 51.9 Å². The van der Waals surface area contributed by atoms with E-state index in [0.29, 0.717) is 11.3 Å². The van der Waals surface area contributed by atoms with Crippen molar-refractivity contribution < 1.29 is 31.9 Å². The molecular formula is C29H26F4N4O3. The minimum absolute atomic E-state index is 0.0794. The first-order valence-electron chi connectivity index (χ1n) is 12.6. The first-order valence-corrected chi connectivity index (χ1v) is 12.6. The fraction of sp³-hybridized carbons (Fsp3) is 0.345. The molecule has 1 fully saturated rings. The van der Waals surface area contributed by atoms with Crippen LogP contribution in [0.3, 0.4) is 0 Å². The zero-order valence-electron chi connectivity index (χ0n) is 21.7. The Balaban J connectivity index is 1.45. The SMILES string of the molecule is C#CC1C[C@@]2(CN1C(=O)C(CC(C)(C)F)NC(=O)c1cc3cccc(C(F)(F)F)c3[nH]1)C(=O)Nc1ccccc12. The maximum Gasteiger partial charge on any atom is 0.418 e. The Morgan fingerprint density at radius 3 is 2.58 bits per heavy atom. The Kier molecular flexibility index (Phi) is 6.40. The lowest BCUT2D eigenvalue weighted by molar-refractivity contribution is -0.136. The lowest BCUT2D eigenvalue weighted by Crippen LogP contribution is -2.52. The number of terminal acetylenes is 1. The molecule has 3 heterocycles. The molecule has 3 atom stereocenters. The summed E-state index contributed by atoms with van der Waals surface area (Å²) >= 11 is 0. The highest BCUT2D eigenvalue weighted by molar-refractivity contribution is 6.07. The van der Waals surface area contributed by atoms with Gasteiger partial charge in [0.25, 0.3) is 5.91 Å². The van der Waals surface area contributed by atoms with Gasteiger partial charge in [0.15, 0.2) is 0 Å². The number of amides is 3. The number of fused-ring (bicyclic) bond motifs is 3. The van der Waals surface area contributed by atoms with Crippen LogP contribution in [0.2, 0.25) is 0 Å².